The molecule has 0 spiro atoms. The van der Waals surface area contributed by atoms with Gasteiger partial charge in [-0.15, -0.1) is 0 Å². The molecule has 0 aliphatic rings. The fraction of sp³-hybridized carbons (Fsp3) is 0.588. The Labute approximate surface area is 127 Å². The van der Waals surface area contributed by atoms with E-state index in [1.807, 2.05) is 6.92 Å². The molecule has 3 nitrogen and oxygen atoms in total. The number of carbonyl (C=O) groups excluding carboxylic acids is 1. The highest BCUT2D eigenvalue weighted by Gasteiger charge is 2.14. The van der Waals surface area contributed by atoms with Gasteiger partial charge in [0.1, 0.15) is 5.82 Å². The summed E-state index contributed by atoms with van der Waals surface area (Å²) in [7, 11) is 0. The van der Waals surface area contributed by atoms with Crippen LogP contribution in [0.25, 0.3) is 0 Å². The van der Waals surface area contributed by atoms with Crippen molar-refractivity contribution in [2.24, 2.45) is 0 Å². The molecule has 1 aromatic carbocycles. The summed E-state index contributed by atoms with van der Waals surface area (Å²) in [6.07, 6.45) is 1.03. The molecule has 1 rings (SSSR count). The first kappa shape index (κ1) is 17.8. The van der Waals surface area contributed by atoms with Crippen molar-refractivity contribution in [3.8, 4) is 0 Å². The minimum atomic E-state index is -0.429. The summed E-state index contributed by atoms with van der Waals surface area (Å²) < 4.78 is 13.6. The molecule has 118 valence electrons. The van der Waals surface area contributed by atoms with Gasteiger partial charge in [0.25, 0.3) is 0 Å². The highest BCUT2D eigenvalue weighted by Crippen LogP contribution is 2.08. The van der Waals surface area contributed by atoms with Gasteiger partial charge in [-0.1, -0.05) is 32.9 Å². The van der Waals surface area contributed by atoms with Crippen LogP contribution in [0.2, 0.25) is 0 Å². The van der Waals surface area contributed by atoms with Crippen LogP contribution in [-0.4, -0.2) is 54.9 Å². The van der Waals surface area contributed by atoms with Crippen LogP contribution in [0.3, 0.4) is 0 Å². The highest BCUT2D eigenvalue weighted by atomic mass is 19.1. The lowest BCUT2D eigenvalue weighted by molar-refractivity contribution is 0.0926. The zero-order valence-electron chi connectivity index (χ0n) is 13.4. The van der Waals surface area contributed by atoms with E-state index in [4.69, 9.17) is 0 Å². The molecule has 0 aliphatic heterocycles. The molecule has 4 heteroatoms. The first-order chi connectivity index (χ1) is 10.1. The van der Waals surface area contributed by atoms with Gasteiger partial charge in [-0.25, -0.2) is 4.39 Å². The Balaban J connectivity index is 2.47. The molecule has 0 fully saturated rings. The van der Waals surface area contributed by atoms with Gasteiger partial charge in [0.05, 0.1) is 12.1 Å². The van der Waals surface area contributed by atoms with Crippen molar-refractivity contribution in [2.75, 3.05) is 39.3 Å². The third-order valence-corrected chi connectivity index (χ3v) is 3.83. The standard InChI is InChI=1S/C17H27FN2O/c1-4-19(5-2)12-9-13-20(6-3)14-17(21)15-10-7-8-11-16(15)18/h7-8,10-11H,4-6,9,12-14H2,1-3H3. The molecule has 1 aromatic rings. The van der Waals surface area contributed by atoms with Gasteiger partial charge in [0.2, 0.25) is 0 Å². The molecule has 0 radical (unpaired) electrons. The second-order valence-electron chi connectivity index (χ2n) is 5.15. The summed E-state index contributed by atoms with van der Waals surface area (Å²) in [5.41, 5.74) is 0.194. The topological polar surface area (TPSA) is 23.6 Å². The number of benzene rings is 1. The fourth-order valence-electron chi connectivity index (χ4n) is 2.38. The summed E-state index contributed by atoms with van der Waals surface area (Å²) in [4.78, 5) is 16.6. The van der Waals surface area contributed by atoms with Gasteiger partial charge < -0.3 is 4.90 Å². The molecule has 0 N–H and O–H groups in total. The number of nitrogens with zero attached hydrogens (tertiary/aromatic N) is 2. The molecule has 0 saturated heterocycles. The molecule has 21 heavy (non-hydrogen) atoms. The number of hydrogen-bond donors (Lipinski definition) is 0. The Morgan fingerprint density at radius 2 is 1.57 bits per heavy atom. The van der Waals surface area contributed by atoms with Crippen molar-refractivity contribution >= 4 is 5.78 Å². The number of hydrogen-bond acceptors (Lipinski definition) is 3. The first-order valence-electron chi connectivity index (χ1n) is 7.84. The van der Waals surface area contributed by atoms with Gasteiger partial charge in [0, 0.05) is 0 Å². The van der Waals surface area contributed by atoms with Crippen LogP contribution in [0.1, 0.15) is 37.6 Å². The van der Waals surface area contributed by atoms with Crippen molar-refractivity contribution in [3.05, 3.63) is 35.6 Å². The van der Waals surface area contributed by atoms with Crippen molar-refractivity contribution < 1.29 is 9.18 Å². The van der Waals surface area contributed by atoms with Crippen LogP contribution >= 0.6 is 0 Å². The maximum absolute atomic E-state index is 13.6. The minimum absolute atomic E-state index is 0.141. The molecule has 0 aliphatic carbocycles. The lowest BCUT2D eigenvalue weighted by Gasteiger charge is -2.22. The molecule has 0 atom stereocenters. The summed E-state index contributed by atoms with van der Waals surface area (Å²) in [6.45, 7) is 11.4. The van der Waals surface area contributed by atoms with Gasteiger partial charge in [-0.3, -0.25) is 9.69 Å². The normalized spacial score (nSPS) is 11.3. The number of carbonyl (C=O) groups is 1. The maximum atomic E-state index is 13.6. The third-order valence-electron chi connectivity index (χ3n) is 3.83. The van der Waals surface area contributed by atoms with E-state index in [9.17, 15) is 9.18 Å². The summed E-state index contributed by atoms with van der Waals surface area (Å²) in [5.74, 6) is -0.570. The van der Waals surface area contributed by atoms with Crippen molar-refractivity contribution in [1.29, 1.82) is 0 Å². The summed E-state index contributed by atoms with van der Waals surface area (Å²) >= 11 is 0. The molecule has 0 unspecified atom stereocenters. The highest BCUT2D eigenvalue weighted by molar-refractivity contribution is 5.97. The van der Waals surface area contributed by atoms with Crippen LogP contribution in [-0.2, 0) is 0 Å². The van der Waals surface area contributed by atoms with Gasteiger partial charge in [-0.2, -0.15) is 0 Å². The monoisotopic (exact) mass is 294 g/mol. The number of halogens is 1. The number of likely N-dealkylation sites (N-methyl/N-ethyl adjacent to an activating group) is 1. The Bertz CT molecular complexity index is 433. The molecule has 0 amide bonds. The molecule has 0 saturated carbocycles. The van der Waals surface area contributed by atoms with Crippen LogP contribution in [0.5, 0.6) is 0 Å². The maximum Gasteiger partial charge on any atom is 0.179 e. The summed E-state index contributed by atoms with van der Waals surface area (Å²) in [6, 6.07) is 6.20. The molecular formula is C17H27FN2O. The number of ketones is 1. The predicted octanol–water partition coefficient (Wildman–Crippen LogP) is 3.06. The molecule has 0 bridgehead atoms. The second kappa shape index (κ2) is 9.64. The van der Waals surface area contributed by atoms with Crippen LogP contribution in [0.15, 0.2) is 24.3 Å². The zero-order valence-corrected chi connectivity index (χ0v) is 13.4. The van der Waals surface area contributed by atoms with Crippen LogP contribution in [0.4, 0.5) is 4.39 Å². The van der Waals surface area contributed by atoms with E-state index in [0.29, 0.717) is 0 Å². The van der Waals surface area contributed by atoms with Crippen molar-refractivity contribution in [1.82, 2.24) is 9.80 Å². The average molecular weight is 294 g/mol. The second-order valence-corrected chi connectivity index (χ2v) is 5.15. The molecular weight excluding hydrogens is 267 g/mol. The number of Topliss-reactive ketones (excluding diaryl/α,β-unsaturated/α-hetero) is 1. The largest absolute Gasteiger partial charge is 0.304 e. The third kappa shape index (κ3) is 5.94. The Kier molecular flexibility index (Phi) is 8.16. The van der Waals surface area contributed by atoms with E-state index in [2.05, 4.69) is 23.6 Å². The van der Waals surface area contributed by atoms with E-state index in [1.54, 1.807) is 18.2 Å². The van der Waals surface area contributed by atoms with Crippen molar-refractivity contribution in [3.63, 3.8) is 0 Å². The van der Waals surface area contributed by atoms with Crippen LogP contribution in [0, 0.1) is 5.82 Å². The zero-order chi connectivity index (χ0) is 15.7. The summed E-state index contributed by atoms with van der Waals surface area (Å²) in [5, 5.41) is 0. The van der Waals surface area contributed by atoms with Gasteiger partial charge >= 0.3 is 0 Å². The van der Waals surface area contributed by atoms with E-state index < -0.39 is 5.82 Å². The average Bonchev–Trinajstić information content (AvgIpc) is 2.50. The van der Waals surface area contributed by atoms with E-state index >= 15 is 0 Å². The van der Waals surface area contributed by atoms with Crippen LogP contribution < -0.4 is 0 Å². The Morgan fingerprint density at radius 3 is 2.14 bits per heavy atom. The lowest BCUT2D eigenvalue weighted by atomic mass is 10.1. The van der Waals surface area contributed by atoms with E-state index in [0.717, 1.165) is 39.1 Å². The quantitative estimate of drug-likeness (QED) is 0.620. The predicted molar refractivity (Wildman–Crippen MR) is 85.2 cm³/mol. The van der Waals surface area contributed by atoms with Gasteiger partial charge in [-0.05, 0) is 51.3 Å². The lowest BCUT2D eigenvalue weighted by Crippen LogP contribution is -2.33. The smallest absolute Gasteiger partial charge is 0.179 e. The fourth-order valence-corrected chi connectivity index (χ4v) is 2.38. The first-order valence-corrected chi connectivity index (χ1v) is 7.84. The van der Waals surface area contributed by atoms with E-state index in [1.165, 1.54) is 6.07 Å². The van der Waals surface area contributed by atoms with Gasteiger partial charge in [0.15, 0.2) is 5.78 Å². The Hall–Kier alpha value is -1.26. The molecule has 0 aromatic heterocycles. The van der Waals surface area contributed by atoms with Crippen molar-refractivity contribution in [2.45, 2.75) is 27.2 Å². The minimum Gasteiger partial charge on any atom is -0.304 e. The number of rotatable bonds is 10. The Morgan fingerprint density at radius 1 is 1.00 bits per heavy atom. The molecule has 0 heterocycles. The SMILES string of the molecule is CCN(CC)CCCN(CC)CC(=O)c1ccccc1F. The van der Waals surface area contributed by atoms with E-state index in [-0.39, 0.29) is 17.9 Å².